The van der Waals surface area contributed by atoms with Crippen LogP contribution in [0.1, 0.15) is 50.9 Å². The number of carbonyl (C=O) groups is 1. The fourth-order valence-electron chi connectivity index (χ4n) is 0.553. The Labute approximate surface area is 93.0 Å². The molecule has 0 saturated heterocycles. The highest BCUT2D eigenvalue weighted by molar-refractivity contribution is 5.74. The fraction of sp³-hybridized carbons (Fsp3) is 0.462. The molecule has 0 atom stereocenters. The zero-order valence-electron chi connectivity index (χ0n) is 10.2. The molecule has 1 aromatic carbocycles. The molecule has 0 amide bonds. The SMILES string of the molecule is CC.CCCC.O=Cc1ccc(O)cc1. The van der Waals surface area contributed by atoms with Gasteiger partial charge in [-0.3, -0.25) is 4.79 Å². The molecule has 0 aliphatic carbocycles. The highest BCUT2D eigenvalue weighted by Crippen LogP contribution is 2.07. The van der Waals surface area contributed by atoms with E-state index in [1.54, 1.807) is 12.1 Å². The Kier molecular flexibility index (Phi) is 13.6. The van der Waals surface area contributed by atoms with E-state index in [-0.39, 0.29) is 5.75 Å². The van der Waals surface area contributed by atoms with E-state index in [9.17, 15) is 4.79 Å². The number of aromatic hydroxyl groups is 1. The number of phenolic OH excluding ortho intramolecular Hbond substituents is 1. The normalized spacial score (nSPS) is 7.73. The molecule has 0 saturated carbocycles. The third-order valence-electron chi connectivity index (χ3n) is 1.53. The zero-order valence-corrected chi connectivity index (χ0v) is 10.2. The van der Waals surface area contributed by atoms with Gasteiger partial charge < -0.3 is 5.11 Å². The highest BCUT2D eigenvalue weighted by Gasteiger charge is 1.86. The largest absolute Gasteiger partial charge is 0.508 e. The predicted octanol–water partition coefficient (Wildman–Crippen LogP) is 4.04. The van der Waals surface area contributed by atoms with Crippen LogP contribution in [-0.4, -0.2) is 11.4 Å². The Balaban J connectivity index is 0. The number of hydrogen-bond acceptors (Lipinski definition) is 2. The first-order chi connectivity index (χ1) is 7.24. The summed E-state index contributed by atoms with van der Waals surface area (Å²) in [7, 11) is 0. The van der Waals surface area contributed by atoms with E-state index >= 15 is 0 Å². The molecule has 1 N–H and O–H groups in total. The minimum atomic E-state index is 0.181. The number of rotatable bonds is 2. The second-order valence-corrected chi connectivity index (χ2v) is 2.71. The number of phenols is 1. The zero-order chi connectivity index (χ0) is 12.1. The van der Waals surface area contributed by atoms with Crippen molar-refractivity contribution < 1.29 is 9.90 Å². The van der Waals surface area contributed by atoms with Crippen molar-refractivity contribution in [3.05, 3.63) is 29.8 Å². The van der Waals surface area contributed by atoms with Crippen LogP contribution in [0, 0.1) is 0 Å². The molecule has 0 aliphatic rings. The Morgan fingerprint density at radius 1 is 1.07 bits per heavy atom. The van der Waals surface area contributed by atoms with Gasteiger partial charge in [-0.25, -0.2) is 0 Å². The topological polar surface area (TPSA) is 37.3 Å². The number of aldehydes is 1. The monoisotopic (exact) mass is 210 g/mol. The molecule has 0 heterocycles. The summed E-state index contributed by atoms with van der Waals surface area (Å²) in [6, 6.07) is 6.07. The summed E-state index contributed by atoms with van der Waals surface area (Å²) >= 11 is 0. The van der Waals surface area contributed by atoms with Crippen LogP contribution < -0.4 is 0 Å². The van der Waals surface area contributed by atoms with Crippen molar-refractivity contribution in [2.24, 2.45) is 0 Å². The maximum atomic E-state index is 10.0. The minimum absolute atomic E-state index is 0.181. The van der Waals surface area contributed by atoms with Gasteiger partial charge in [0.15, 0.2) is 0 Å². The molecular formula is C13H22O2. The molecule has 2 nitrogen and oxygen atoms in total. The van der Waals surface area contributed by atoms with Crippen molar-refractivity contribution >= 4 is 6.29 Å². The van der Waals surface area contributed by atoms with Crippen molar-refractivity contribution in [1.82, 2.24) is 0 Å². The van der Waals surface area contributed by atoms with Crippen molar-refractivity contribution in [2.45, 2.75) is 40.5 Å². The van der Waals surface area contributed by atoms with Crippen LogP contribution in [0.3, 0.4) is 0 Å². The summed E-state index contributed by atoms with van der Waals surface area (Å²) in [5, 5.41) is 8.74. The van der Waals surface area contributed by atoms with Crippen LogP contribution in [0.25, 0.3) is 0 Å². The van der Waals surface area contributed by atoms with Gasteiger partial charge >= 0.3 is 0 Å². The number of unbranched alkanes of at least 4 members (excludes halogenated alkanes) is 1. The van der Waals surface area contributed by atoms with E-state index in [0.717, 1.165) is 6.29 Å². The van der Waals surface area contributed by atoms with Gasteiger partial charge in [-0.2, -0.15) is 0 Å². The standard InChI is InChI=1S/C7H6O2.C4H10.C2H6/c8-5-6-1-3-7(9)4-2-6;1-3-4-2;1-2/h1-5,9H;3-4H2,1-2H3;1-2H3. The van der Waals surface area contributed by atoms with Crippen molar-refractivity contribution in [1.29, 1.82) is 0 Å². The average Bonchev–Trinajstić information content (AvgIpc) is 2.33. The molecule has 0 unspecified atom stereocenters. The van der Waals surface area contributed by atoms with Gasteiger partial charge in [0.05, 0.1) is 0 Å². The molecule has 0 radical (unpaired) electrons. The smallest absolute Gasteiger partial charge is 0.150 e. The Morgan fingerprint density at radius 2 is 1.47 bits per heavy atom. The summed E-state index contributed by atoms with van der Waals surface area (Å²) in [6.45, 7) is 8.36. The lowest BCUT2D eigenvalue weighted by Gasteiger charge is -1.88. The highest BCUT2D eigenvalue weighted by atomic mass is 16.3. The molecule has 86 valence electrons. The van der Waals surface area contributed by atoms with E-state index in [2.05, 4.69) is 13.8 Å². The van der Waals surface area contributed by atoms with Crippen LogP contribution in [0.5, 0.6) is 5.75 Å². The second kappa shape index (κ2) is 12.7. The molecule has 1 aromatic rings. The van der Waals surface area contributed by atoms with Crippen molar-refractivity contribution in [3.8, 4) is 5.75 Å². The Morgan fingerprint density at radius 3 is 1.73 bits per heavy atom. The molecule has 0 spiro atoms. The summed E-state index contributed by atoms with van der Waals surface area (Å²) in [5.41, 5.74) is 0.577. The number of hydrogen-bond donors (Lipinski definition) is 1. The summed E-state index contributed by atoms with van der Waals surface area (Å²) in [4.78, 5) is 10.0. The van der Waals surface area contributed by atoms with E-state index in [1.807, 2.05) is 13.8 Å². The van der Waals surface area contributed by atoms with Gasteiger partial charge in [0.2, 0.25) is 0 Å². The molecule has 1 rings (SSSR count). The molecule has 15 heavy (non-hydrogen) atoms. The van der Waals surface area contributed by atoms with Crippen LogP contribution in [0.4, 0.5) is 0 Å². The quantitative estimate of drug-likeness (QED) is 0.748. The first-order valence-electron chi connectivity index (χ1n) is 5.48. The summed E-state index contributed by atoms with van der Waals surface area (Å²) in [6.07, 6.45) is 3.37. The van der Waals surface area contributed by atoms with E-state index in [0.29, 0.717) is 5.56 Å². The van der Waals surface area contributed by atoms with Crippen LogP contribution >= 0.6 is 0 Å². The first kappa shape index (κ1) is 16.1. The van der Waals surface area contributed by atoms with Crippen LogP contribution in [0.2, 0.25) is 0 Å². The Bertz CT molecular complexity index is 225. The summed E-state index contributed by atoms with van der Waals surface area (Å²) < 4.78 is 0. The molecule has 2 heteroatoms. The van der Waals surface area contributed by atoms with Gasteiger partial charge in [-0.1, -0.05) is 40.5 Å². The van der Waals surface area contributed by atoms with Gasteiger partial charge in [0.1, 0.15) is 12.0 Å². The maximum Gasteiger partial charge on any atom is 0.150 e. The fourth-order valence-corrected chi connectivity index (χ4v) is 0.553. The molecule has 0 aromatic heterocycles. The number of benzene rings is 1. The molecule has 0 fully saturated rings. The number of carbonyl (C=O) groups excluding carboxylic acids is 1. The summed E-state index contributed by atoms with van der Waals surface area (Å²) in [5.74, 6) is 0.181. The lowest BCUT2D eigenvalue weighted by Crippen LogP contribution is -1.74. The van der Waals surface area contributed by atoms with E-state index in [1.165, 1.54) is 25.0 Å². The van der Waals surface area contributed by atoms with Crippen molar-refractivity contribution in [2.75, 3.05) is 0 Å². The lowest BCUT2D eigenvalue weighted by molar-refractivity contribution is 0.112. The van der Waals surface area contributed by atoms with Crippen molar-refractivity contribution in [3.63, 3.8) is 0 Å². The first-order valence-corrected chi connectivity index (χ1v) is 5.48. The van der Waals surface area contributed by atoms with Gasteiger partial charge in [-0.15, -0.1) is 0 Å². The van der Waals surface area contributed by atoms with E-state index < -0.39 is 0 Å². The van der Waals surface area contributed by atoms with Crippen LogP contribution in [-0.2, 0) is 0 Å². The molecule has 0 aliphatic heterocycles. The Hall–Kier alpha value is -1.31. The third-order valence-corrected chi connectivity index (χ3v) is 1.53. The maximum absolute atomic E-state index is 10.0. The van der Waals surface area contributed by atoms with Gasteiger partial charge in [-0.05, 0) is 24.3 Å². The molecule has 0 bridgehead atoms. The van der Waals surface area contributed by atoms with Gasteiger partial charge in [0, 0.05) is 5.56 Å². The van der Waals surface area contributed by atoms with E-state index in [4.69, 9.17) is 5.11 Å². The second-order valence-electron chi connectivity index (χ2n) is 2.71. The predicted molar refractivity (Wildman–Crippen MR) is 65.4 cm³/mol. The average molecular weight is 210 g/mol. The lowest BCUT2D eigenvalue weighted by atomic mass is 10.2. The molecular weight excluding hydrogens is 188 g/mol. The van der Waals surface area contributed by atoms with Gasteiger partial charge in [0.25, 0.3) is 0 Å². The third kappa shape index (κ3) is 10.6. The van der Waals surface area contributed by atoms with Crippen LogP contribution in [0.15, 0.2) is 24.3 Å². The minimum Gasteiger partial charge on any atom is -0.508 e.